The molecule has 2 heterocycles. The van der Waals surface area contributed by atoms with Crippen molar-refractivity contribution in [1.29, 1.82) is 0 Å². The molecule has 6 heteroatoms. The Labute approximate surface area is 164 Å². The van der Waals surface area contributed by atoms with Crippen molar-refractivity contribution in [2.24, 2.45) is 0 Å². The van der Waals surface area contributed by atoms with Crippen LogP contribution in [0.4, 0.5) is 5.13 Å². The lowest BCUT2D eigenvalue weighted by molar-refractivity contribution is 0.102. The molecule has 4 rings (SSSR count). The molecule has 2 aromatic heterocycles. The molecule has 4 aromatic rings. The van der Waals surface area contributed by atoms with Crippen LogP contribution >= 0.6 is 22.7 Å². The number of benzene rings is 2. The maximum atomic E-state index is 12.4. The molecule has 0 unspecified atom stereocenters. The van der Waals surface area contributed by atoms with Crippen LogP contribution in [-0.2, 0) is 0 Å². The molecule has 0 atom stereocenters. The van der Waals surface area contributed by atoms with Gasteiger partial charge in [0.1, 0.15) is 0 Å². The van der Waals surface area contributed by atoms with E-state index in [0.29, 0.717) is 21.8 Å². The molecule has 0 spiro atoms. The van der Waals surface area contributed by atoms with E-state index in [1.807, 2.05) is 41.1 Å². The maximum absolute atomic E-state index is 12.4. The fraction of sp³-hybridized carbons (Fsp3) is 0. The van der Waals surface area contributed by atoms with Crippen molar-refractivity contribution in [3.8, 4) is 10.6 Å². The molecule has 2 aromatic carbocycles. The minimum absolute atomic E-state index is 0.0666. The summed E-state index contributed by atoms with van der Waals surface area (Å²) < 4.78 is 0. The van der Waals surface area contributed by atoms with Crippen LogP contribution in [0.3, 0.4) is 0 Å². The third-order valence-electron chi connectivity index (χ3n) is 3.94. The lowest BCUT2D eigenvalue weighted by Crippen LogP contribution is -2.12. The average Bonchev–Trinajstić information content (AvgIpc) is 3.40. The number of rotatable bonds is 5. The molecule has 0 aliphatic carbocycles. The van der Waals surface area contributed by atoms with E-state index < -0.39 is 0 Å². The molecule has 0 aliphatic heterocycles. The first-order valence-electron chi connectivity index (χ1n) is 8.21. The van der Waals surface area contributed by atoms with E-state index in [4.69, 9.17) is 0 Å². The largest absolute Gasteiger partial charge is 0.298 e. The van der Waals surface area contributed by atoms with Crippen LogP contribution in [0.5, 0.6) is 0 Å². The predicted octanol–water partition coefficient (Wildman–Crippen LogP) is 5.35. The first-order valence-corrected chi connectivity index (χ1v) is 9.97. The summed E-state index contributed by atoms with van der Waals surface area (Å²) in [5.41, 5.74) is 2.51. The molecule has 27 heavy (non-hydrogen) atoms. The van der Waals surface area contributed by atoms with Gasteiger partial charge in [0.25, 0.3) is 5.91 Å². The summed E-state index contributed by atoms with van der Waals surface area (Å²) in [7, 11) is 0. The first kappa shape index (κ1) is 17.3. The van der Waals surface area contributed by atoms with Crippen molar-refractivity contribution in [2.45, 2.75) is 0 Å². The molecular weight excluding hydrogens is 376 g/mol. The number of anilines is 1. The molecule has 0 aliphatic rings. The second kappa shape index (κ2) is 7.65. The molecule has 1 N–H and O–H groups in total. The van der Waals surface area contributed by atoms with Crippen molar-refractivity contribution in [1.82, 2.24) is 4.98 Å². The summed E-state index contributed by atoms with van der Waals surface area (Å²) in [5.74, 6) is -0.316. The van der Waals surface area contributed by atoms with Crippen molar-refractivity contribution in [3.05, 3.63) is 94.2 Å². The smallest absolute Gasteiger partial charge is 0.257 e. The number of carbonyl (C=O) groups is 2. The molecule has 0 saturated carbocycles. The summed E-state index contributed by atoms with van der Waals surface area (Å²) >= 11 is 2.99. The van der Waals surface area contributed by atoms with Crippen LogP contribution in [0.25, 0.3) is 10.6 Å². The Kier molecular flexibility index (Phi) is 4.91. The Bertz CT molecular complexity index is 1070. The molecule has 4 nitrogen and oxygen atoms in total. The lowest BCUT2D eigenvalue weighted by Gasteiger charge is -2.04. The monoisotopic (exact) mass is 390 g/mol. The Morgan fingerprint density at radius 3 is 2.19 bits per heavy atom. The normalized spacial score (nSPS) is 10.5. The summed E-state index contributed by atoms with van der Waals surface area (Å²) in [4.78, 5) is 30.4. The standard InChI is InChI=1S/C21H14N2O2S2/c24-19(14-5-2-1-3-6-14)15-8-10-16(11-9-15)20(25)23-21-22-17(13-27-21)18-7-4-12-26-18/h1-13H,(H,22,23,25). The van der Waals surface area contributed by atoms with Gasteiger partial charge in [-0.05, 0) is 23.6 Å². The topological polar surface area (TPSA) is 59.1 Å². The van der Waals surface area contributed by atoms with Gasteiger partial charge in [0, 0.05) is 22.1 Å². The summed E-state index contributed by atoms with van der Waals surface area (Å²) in [6.07, 6.45) is 0. The molecule has 0 radical (unpaired) electrons. The van der Waals surface area contributed by atoms with Crippen LogP contribution < -0.4 is 5.32 Å². The molecule has 1 amide bonds. The SMILES string of the molecule is O=C(Nc1nc(-c2cccs2)cs1)c1ccc(C(=O)c2ccccc2)cc1. The molecule has 0 fully saturated rings. The highest BCUT2D eigenvalue weighted by Crippen LogP contribution is 2.28. The molecule has 0 bridgehead atoms. The Balaban J connectivity index is 1.46. The Morgan fingerprint density at radius 2 is 1.48 bits per heavy atom. The second-order valence-corrected chi connectivity index (χ2v) is 7.55. The van der Waals surface area contributed by atoms with E-state index >= 15 is 0 Å². The van der Waals surface area contributed by atoms with Crippen molar-refractivity contribution >= 4 is 39.5 Å². The van der Waals surface area contributed by atoms with Gasteiger partial charge in [0.15, 0.2) is 10.9 Å². The Morgan fingerprint density at radius 1 is 0.778 bits per heavy atom. The van der Waals surface area contributed by atoms with Gasteiger partial charge in [-0.25, -0.2) is 4.98 Å². The quantitative estimate of drug-likeness (QED) is 0.467. The van der Waals surface area contributed by atoms with Crippen LogP contribution in [0.2, 0.25) is 0 Å². The summed E-state index contributed by atoms with van der Waals surface area (Å²) in [6.45, 7) is 0. The number of ketones is 1. The van der Waals surface area contributed by atoms with E-state index in [9.17, 15) is 9.59 Å². The van der Waals surface area contributed by atoms with Crippen molar-refractivity contribution in [2.75, 3.05) is 5.32 Å². The van der Waals surface area contributed by atoms with Crippen LogP contribution in [-0.4, -0.2) is 16.7 Å². The zero-order chi connectivity index (χ0) is 18.6. The number of thiophene rings is 1. The minimum Gasteiger partial charge on any atom is -0.298 e. The van der Waals surface area contributed by atoms with Gasteiger partial charge < -0.3 is 0 Å². The van der Waals surface area contributed by atoms with Gasteiger partial charge in [0.05, 0.1) is 10.6 Å². The van der Waals surface area contributed by atoms with Gasteiger partial charge in [-0.3, -0.25) is 14.9 Å². The van der Waals surface area contributed by atoms with E-state index in [2.05, 4.69) is 10.3 Å². The van der Waals surface area contributed by atoms with Gasteiger partial charge >= 0.3 is 0 Å². The number of nitrogens with one attached hydrogen (secondary N) is 1. The highest BCUT2D eigenvalue weighted by molar-refractivity contribution is 7.16. The number of hydrogen-bond donors (Lipinski definition) is 1. The average molecular weight is 390 g/mol. The van der Waals surface area contributed by atoms with E-state index in [1.54, 1.807) is 47.7 Å². The number of nitrogens with zero attached hydrogens (tertiary/aromatic N) is 1. The number of aromatic nitrogens is 1. The Hall–Kier alpha value is -3.09. The summed E-state index contributed by atoms with van der Waals surface area (Å²) in [5, 5.41) is 7.27. The van der Waals surface area contributed by atoms with Gasteiger partial charge in [-0.15, -0.1) is 22.7 Å². The summed E-state index contributed by atoms with van der Waals surface area (Å²) in [6, 6.07) is 19.7. The van der Waals surface area contributed by atoms with E-state index in [1.165, 1.54) is 11.3 Å². The van der Waals surface area contributed by atoms with Gasteiger partial charge in [-0.2, -0.15) is 0 Å². The van der Waals surface area contributed by atoms with Crippen molar-refractivity contribution < 1.29 is 9.59 Å². The number of hydrogen-bond acceptors (Lipinski definition) is 5. The predicted molar refractivity (Wildman–Crippen MR) is 110 cm³/mol. The number of carbonyl (C=O) groups excluding carboxylic acids is 2. The van der Waals surface area contributed by atoms with Gasteiger partial charge in [-0.1, -0.05) is 48.5 Å². The third-order valence-corrected chi connectivity index (χ3v) is 5.59. The van der Waals surface area contributed by atoms with E-state index in [-0.39, 0.29) is 11.7 Å². The zero-order valence-corrected chi connectivity index (χ0v) is 15.7. The maximum Gasteiger partial charge on any atom is 0.257 e. The van der Waals surface area contributed by atoms with Crippen LogP contribution in [0.1, 0.15) is 26.3 Å². The fourth-order valence-electron chi connectivity index (χ4n) is 2.57. The minimum atomic E-state index is -0.249. The van der Waals surface area contributed by atoms with Crippen LogP contribution in [0.15, 0.2) is 77.5 Å². The zero-order valence-electron chi connectivity index (χ0n) is 14.1. The lowest BCUT2D eigenvalue weighted by atomic mass is 10.0. The highest BCUT2D eigenvalue weighted by Gasteiger charge is 2.13. The van der Waals surface area contributed by atoms with Crippen molar-refractivity contribution in [3.63, 3.8) is 0 Å². The fourth-order valence-corrected chi connectivity index (χ4v) is 4.03. The second-order valence-electron chi connectivity index (χ2n) is 5.74. The molecule has 0 saturated heterocycles. The number of amides is 1. The highest BCUT2D eigenvalue weighted by atomic mass is 32.1. The molecular formula is C21H14N2O2S2. The first-order chi connectivity index (χ1) is 13.2. The third kappa shape index (κ3) is 3.86. The van der Waals surface area contributed by atoms with E-state index in [0.717, 1.165) is 10.6 Å². The van der Waals surface area contributed by atoms with Gasteiger partial charge in [0.2, 0.25) is 0 Å². The number of thiazole rings is 1. The molecule has 132 valence electrons. The van der Waals surface area contributed by atoms with Crippen LogP contribution in [0, 0.1) is 0 Å².